The summed E-state index contributed by atoms with van der Waals surface area (Å²) in [6.07, 6.45) is 2.07. The minimum Gasteiger partial charge on any atom is -0.309 e. The van der Waals surface area contributed by atoms with Crippen LogP contribution < -0.4 is 0 Å². The van der Waals surface area contributed by atoms with Crippen molar-refractivity contribution in [3.8, 4) is 50.3 Å². The number of para-hydroxylation sites is 2. The molecule has 3 aromatic heterocycles. The molecule has 11 rings (SSSR count). The lowest BCUT2D eigenvalue weighted by Gasteiger charge is -2.08. The van der Waals surface area contributed by atoms with Gasteiger partial charge in [-0.25, -0.2) is 0 Å². The van der Waals surface area contributed by atoms with Gasteiger partial charge in [-0.2, -0.15) is 0 Å². The number of hydrogen-bond acceptors (Lipinski definition) is 2. The van der Waals surface area contributed by atoms with Gasteiger partial charge in [-0.05, 0) is 99.3 Å². The average molecular weight is 627 g/mol. The van der Waals surface area contributed by atoms with Gasteiger partial charge in [0.15, 0.2) is 0 Å². The van der Waals surface area contributed by atoms with E-state index in [0.717, 1.165) is 11.3 Å². The molecule has 0 radical (unpaired) electrons. The summed E-state index contributed by atoms with van der Waals surface area (Å²) in [5, 5.41) is 7.73. The van der Waals surface area contributed by atoms with Crippen molar-refractivity contribution in [2.24, 2.45) is 0 Å². The van der Waals surface area contributed by atoms with E-state index in [0.29, 0.717) is 0 Å². The molecule has 0 aliphatic heterocycles. The Bertz CT molecular complexity index is 2940. The van der Waals surface area contributed by atoms with Crippen molar-refractivity contribution in [1.29, 1.82) is 0 Å². The maximum absolute atomic E-state index is 5.01. The van der Waals surface area contributed by atoms with Gasteiger partial charge in [0.25, 0.3) is 0 Å². The van der Waals surface area contributed by atoms with Crippen LogP contribution in [0.1, 0.15) is 0 Å². The molecule has 3 heteroatoms. The Hall–Kier alpha value is -6.03. The lowest BCUT2D eigenvalue weighted by atomic mass is 9.99. The zero-order chi connectivity index (χ0) is 31.3. The fourth-order valence-electron chi connectivity index (χ4n) is 7.96. The number of nitrogens with zero attached hydrogens (tertiary/aromatic N) is 2. The van der Waals surface area contributed by atoms with Crippen LogP contribution >= 0.6 is 11.3 Å². The smallest absolute Gasteiger partial charge is 0.0708 e. The van der Waals surface area contributed by atoms with E-state index in [9.17, 15) is 0 Å². The van der Waals surface area contributed by atoms with Crippen molar-refractivity contribution in [3.63, 3.8) is 0 Å². The van der Waals surface area contributed by atoms with Crippen molar-refractivity contribution in [2.45, 2.75) is 0 Å². The standard InChI is InChI=1S/C45H26N2S/c1-2-10-31(11-3-1)47-41-15-5-4-12-32(41)36-22-28(16-19-42(36)47)29-17-20-43-37(23-29)38-24-30(18-21-44(38)48-43)40-25-35-33-13-6-8-27-9-7-14-34(45(27)33)39(35)26-46-40/h1-26H. The fraction of sp³-hybridized carbons (Fsp3) is 0. The van der Waals surface area contributed by atoms with Gasteiger partial charge in [0.2, 0.25) is 0 Å². The molecular formula is C45H26N2S. The lowest BCUT2D eigenvalue weighted by Crippen LogP contribution is -1.92. The molecule has 0 N–H and O–H groups in total. The largest absolute Gasteiger partial charge is 0.309 e. The zero-order valence-electron chi connectivity index (χ0n) is 25.8. The van der Waals surface area contributed by atoms with E-state index < -0.39 is 0 Å². The molecule has 0 saturated carbocycles. The Morgan fingerprint density at radius 3 is 1.90 bits per heavy atom. The van der Waals surface area contributed by atoms with Gasteiger partial charge in [-0.1, -0.05) is 91.0 Å². The van der Waals surface area contributed by atoms with Gasteiger partial charge >= 0.3 is 0 Å². The van der Waals surface area contributed by atoms with Crippen molar-refractivity contribution in [3.05, 3.63) is 158 Å². The summed E-state index contributed by atoms with van der Waals surface area (Å²) >= 11 is 1.86. The van der Waals surface area contributed by atoms with Gasteiger partial charge < -0.3 is 4.57 Å². The number of benzene rings is 7. The van der Waals surface area contributed by atoms with Crippen molar-refractivity contribution in [1.82, 2.24) is 9.55 Å². The van der Waals surface area contributed by atoms with Gasteiger partial charge in [0.05, 0.1) is 16.7 Å². The summed E-state index contributed by atoms with van der Waals surface area (Å²) in [6, 6.07) is 55.5. The first-order valence-corrected chi connectivity index (χ1v) is 17.2. The molecule has 0 spiro atoms. The molecule has 0 saturated heterocycles. The molecule has 0 unspecified atom stereocenters. The summed E-state index contributed by atoms with van der Waals surface area (Å²) in [7, 11) is 0. The molecule has 3 heterocycles. The molecule has 2 nitrogen and oxygen atoms in total. The van der Waals surface area contributed by atoms with Crippen LogP contribution in [-0.2, 0) is 0 Å². The first-order valence-electron chi connectivity index (χ1n) is 16.4. The maximum atomic E-state index is 5.01. The molecule has 0 bridgehead atoms. The third-order valence-corrected chi connectivity index (χ3v) is 11.3. The predicted octanol–water partition coefficient (Wildman–Crippen LogP) is 12.7. The summed E-state index contributed by atoms with van der Waals surface area (Å²) < 4.78 is 4.97. The van der Waals surface area contributed by atoms with Crippen LogP contribution in [0.5, 0.6) is 0 Å². The van der Waals surface area contributed by atoms with E-state index in [1.807, 2.05) is 11.3 Å². The van der Waals surface area contributed by atoms with Gasteiger partial charge in [0.1, 0.15) is 0 Å². The molecule has 0 amide bonds. The SMILES string of the molecule is c1ccc(-n2c3ccccc3c3cc(-c4ccc5sc6ccc(-c7cc8c(cn7)-c7cccc9cccc-8c79)cc6c5c4)ccc32)cc1. The number of hydrogen-bond donors (Lipinski definition) is 0. The normalized spacial score (nSPS) is 12.2. The maximum Gasteiger partial charge on any atom is 0.0708 e. The van der Waals surface area contributed by atoms with Crippen LogP contribution in [0, 0.1) is 0 Å². The van der Waals surface area contributed by atoms with Crippen molar-refractivity contribution < 1.29 is 0 Å². The number of rotatable bonds is 3. The average Bonchev–Trinajstić information content (AvgIpc) is 3.80. The molecule has 7 aromatic carbocycles. The molecule has 1 aliphatic carbocycles. The van der Waals surface area contributed by atoms with Crippen LogP contribution in [0.15, 0.2) is 158 Å². The second kappa shape index (κ2) is 9.74. The molecule has 10 aromatic rings. The van der Waals surface area contributed by atoms with Crippen LogP contribution in [0.2, 0.25) is 0 Å². The number of fused-ring (bicyclic) bond motifs is 9. The van der Waals surface area contributed by atoms with E-state index in [4.69, 9.17) is 4.98 Å². The third kappa shape index (κ3) is 3.65. The first-order chi connectivity index (χ1) is 23.8. The highest BCUT2D eigenvalue weighted by molar-refractivity contribution is 7.25. The first kappa shape index (κ1) is 26.1. The third-order valence-electron chi connectivity index (χ3n) is 10.2. The van der Waals surface area contributed by atoms with Gasteiger partial charge in [0, 0.05) is 54.0 Å². The minimum atomic E-state index is 1.01. The van der Waals surface area contributed by atoms with E-state index >= 15 is 0 Å². The quantitative estimate of drug-likeness (QED) is 0.191. The molecule has 0 fully saturated rings. The van der Waals surface area contributed by atoms with Gasteiger partial charge in [-0.15, -0.1) is 11.3 Å². The van der Waals surface area contributed by atoms with Gasteiger partial charge in [-0.3, -0.25) is 4.98 Å². The number of pyridine rings is 1. The molecule has 222 valence electrons. The lowest BCUT2D eigenvalue weighted by molar-refractivity contribution is 1.18. The molecule has 1 aliphatic rings. The van der Waals surface area contributed by atoms with Crippen molar-refractivity contribution in [2.75, 3.05) is 0 Å². The van der Waals surface area contributed by atoms with E-state index in [-0.39, 0.29) is 0 Å². The van der Waals surface area contributed by atoms with E-state index in [2.05, 4.69) is 162 Å². The highest BCUT2D eigenvalue weighted by Gasteiger charge is 2.22. The van der Waals surface area contributed by atoms with Crippen molar-refractivity contribution >= 4 is 64.1 Å². The number of thiophene rings is 1. The Morgan fingerprint density at radius 1 is 0.438 bits per heavy atom. The summed E-state index contributed by atoms with van der Waals surface area (Å²) in [4.78, 5) is 5.01. The predicted molar refractivity (Wildman–Crippen MR) is 204 cm³/mol. The summed E-state index contributed by atoms with van der Waals surface area (Å²) in [6.45, 7) is 0. The second-order valence-corrected chi connectivity index (χ2v) is 13.9. The van der Waals surface area contributed by atoms with Crippen LogP contribution in [0.4, 0.5) is 0 Å². The second-order valence-electron chi connectivity index (χ2n) is 12.8. The van der Waals surface area contributed by atoms with Crippen LogP contribution in [-0.4, -0.2) is 9.55 Å². The zero-order valence-corrected chi connectivity index (χ0v) is 26.6. The summed E-state index contributed by atoms with van der Waals surface area (Å²) in [5.41, 5.74) is 13.3. The minimum absolute atomic E-state index is 1.01. The Kier molecular flexibility index (Phi) is 5.29. The number of aromatic nitrogens is 2. The Labute approximate surface area is 280 Å². The van der Waals surface area contributed by atoms with E-state index in [1.54, 1.807) is 0 Å². The van der Waals surface area contributed by atoms with Crippen LogP contribution in [0.3, 0.4) is 0 Å². The van der Waals surface area contributed by atoms with E-state index in [1.165, 1.54) is 91.8 Å². The molecule has 48 heavy (non-hydrogen) atoms. The topological polar surface area (TPSA) is 17.8 Å². The monoisotopic (exact) mass is 626 g/mol. The Morgan fingerprint density at radius 2 is 1.08 bits per heavy atom. The Balaban J connectivity index is 1.04. The molecule has 0 atom stereocenters. The highest BCUT2D eigenvalue weighted by atomic mass is 32.1. The summed E-state index contributed by atoms with van der Waals surface area (Å²) in [5.74, 6) is 0. The molecular weight excluding hydrogens is 601 g/mol. The fourth-order valence-corrected chi connectivity index (χ4v) is 9.03. The highest BCUT2D eigenvalue weighted by Crippen LogP contribution is 2.48. The van der Waals surface area contributed by atoms with Crippen LogP contribution in [0.25, 0.3) is 103 Å².